The van der Waals surface area contributed by atoms with Gasteiger partial charge in [-0.15, -0.1) is 13.2 Å². The number of alkyl halides is 3. The maximum atomic E-state index is 11.8. The van der Waals surface area contributed by atoms with Crippen LogP contribution in [0, 0.1) is 0 Å². The van der Waals surface area contributed by atoms with Crippen LogP contribution in [-0.2, 0) is 11.3 Å². The number of hydrogen-bond acceptors (Lipinski definition) is 3. The first-order chi connectivity index (χ1) is 8.94. The molecule has 0 unspecified atom stereocenters. The number of nitrogen functional groups attached to an aromatic ring is 1. The molecule has 19 heavy (non-hydrogen) atoms. The minimum absolute atomic E-state index is 0.0296. The van der Waals surface area contributed by atoms with Crippen molar-refractivity contribution in [1.82, 2.24) is 9.78 Å². The van der Waals surface area contributed by atoms with E-state index in [0.29, 0.717) is 5.69 Å². The lowest BCUT2D eigenvalue weighted by molar-refractivity contribution is -0.325. The molecule has 0 aliphatic rings. The number of nitrogens with two attached hydrogens (primary N) is 1. The number of nitrogens with zero attached hydrogens (tertiary/aromatic N) is 2. The van der Waals surface area contributed by atoms with Crippen LogP contribution in [0.4, 0.5) is 18.9 Å². The first-order valence-electron chi connectivity index (χ1n) is 5.53. The molecule has 0 radical (unpaired) electrons. The van der Waals surface area contributed by atoms with Gasteiger partial charge in [-0.05, 0) is 17.7 Å². The largest absolute Gasteiger partial charge is 0.522 e. The summed E-state index contributed by atoms with van der Waals surface area (Å²) in [6.07, 6.45) is -1.39. The minimum Gasteiger partial charge on any atom is -0.399 e. The SMILES string of the molecule is Nc1cccc(-c2cnn(CCOC(F)(F)F)c2)c1. The third kappa shape index (κ3) is 3.99. The van der Waals surface area contributed by atoms with Crippen LogP contribution in [0.2, 0.25) is 0 Å². The standard InChI is InChI=1S/C12H12F3N3O/c13-12(14,15)19-5-4-18-8-10(7-17-18)9-2-1-3-11(16)6-9/h1-3,6-8H,4-5,16H2. The highest BCUT2D eigenvalue weighted by atomic mass is 19.4. The van der Waals surface area contributed by atoms with Gasteiger partial charge in [0, 0.05) is 17.4 Å². The van der Waals surface area contributed by atoms with Gasteiger partial charge < -0.3 is 5.73 Å². The zero-order valence-electron chi connectivity index (χ0n) is 9.89. The fourth-order valence-electron chi connectivity index (χ4n) is 1.61. The van der Waals surface area contributed by atoms with Crippen LogP contribution >= 0.6 is 0 Å². The van der Waals surface area contributed by atoms with Crippen molar-refractivity contribution in [2.75, 3.05) is 12.3 Å². The lowest BCUT2D eigenvalue weighted by Gasteiger charge is -2.06. The van der Waals surface area contributed by atoms with E-state index in [0.717, 1.165) is 11.1 Å². The average Bonchev–Trinajstić information content (AvgIpc) is 2.76. The quantitative estimate of drug-likeness (QED) is 0.870. The molecule has 2 aromatic rings. The molecule has 0 saturated heterocycles. The summed E-state index contributed by atoms with van der Waals surface area (Å²) in [5.41, 5.74) is 7.93. The molecule has 1 aromatic heterocycles. The van der Waals surface area contributed by atoms with Gasteiger partial charge in [-0.1, -0.05) is 12.1 Å². The van der Waals surface area contributed by atoms with E-state index in [9.17, 15) is 13.2 Å². The second-order valence-electron chi connectivity index (χ2n) is 3.91. The summed E-state index contributed by atoms with van der Waals surface area (Å²) >= 11 is 0. The van der Waals surface area contributed by atoms with Crippen molar-refractivity contribution < 1.29 is 17.9 Å². The predicted molar refractivity (Wildman–Crippen MR) is 64.1 cm³/mol. The van der Waals surface area contributed by atoms with E-state index in [2.05, 4.69) is 9.84 Å². The van der Waals surface area contributed by atoms with Gasteiger partial charge in [0.25, 0.3) is 0 Å². The lowest BCUT2D eigenvalue weighted by atomic mass is 10.1. The van der Waals surface area contributed by atoms with Crippen LogP contribution in [0.25, 0.3) is 11.1 Å². The first kappa shape index (κ1) is 13.4. The van der Waals surface area contributed by atoms with Gasteiger partial charge >= 0.3 is 6.36 Å². The number of benzene rings is 1. The second kappa shape index (κ2) is 5.31. The predicted octanol–water partition coefficient (Wildman–Crippen LogP) is 2.67. The Labute approximate surface area is 107 Å². The fourth-order valence-corrected chi connectivity index (χ4v) is 1.61. The van der Waals surface area contributed by atoms with Crippen molar-refractivity contribution >= 4 is 5.69 Å². The fraction of sp³-hybridized carbons (Fsp3) is 0.250. The molecule has 2 rings (SSSR count). The van der Waals surface area contributed by atoms with Gasteiger partial charge in [-0.2, -0.15) is 5.10 Å². The van der Waals surface area contributed by atoms with E-state index in [1.165, 1.54) is 4.68 Å². The summed E-state index contributed by atoms with van der Waals surface area (Å²) in [7, 11) is 0. The Morgan fingerprint density at radius 1 is 1.26 bits per heavy atom. The van der Waals surface area contributed by atoms with Crippen molar-refractivity contribution in [3.8, 4) is 11.1 Å². The highest BCUT2D eigenvalue weighted by Gasteiger charge is 2.28. The van der Waals surface area contributed by atoms with E-state index in [1.54, 1.807) is 30.6 Å². The summed E-state index contributed by atoms with van der Waals surface area (Å²) in [6, 6.07) is 7.18. The maximum Gasteiger partial charge on any atom is 0.522 e. The van der Waals surface area contributed by atoms with Gasteiger partial charge in [0.1, 0.15) is 0 Å². The van der Waals surface area contributed by atoms with Gasteiger partial charge in [-0.25, -0.2) is 0 Å². The third-order valence-corrected chi connectivity index (χ3v) is 2.44. The molecule has 0 aliphatic heterocycles. The molecule has 2 N–H and O–H groups in total. The highest BCUT2D eigenvalue weighted by Crippen LogP contribution is 2.21. The highest BCUT2D eigenvalue weighted by molar-refractivity contribution is 5.65. The van der Waals surface area contributed by atoms with Gasteiger partial charge in [-0.3, -0.25) is 9.42 Å². The Balaban J connectivity index is 1.99. The molecular formula is C12H12F3N3O. The summed E-state index contributed by atoms with van der Waals surface area (Å²) in [6.45, 7) is -0.441. The zero-order valence-corrected chi connectivity index (χ0v) is 9.89. The van der Waals surface area contributed by atoms with Crippen molar-refractivity contribution in [2.24, 2.45) is 0 Å². The molecular weight excluding hydrogens is 259 g/mol. The Bertz CT molecular complexity index is 551. The Morgan fingerprint density at radius 3 is 2.74 bits per heavy atom. The van der Waals surface area contributed by atoms with Gasteiger partial charge in [0.2, 0.25) is 0 Å². The number of ether oxygens (including phenoxy) is 1. The molecule has 4 nitrogen and oxygen atoms in total. The molecule has 0 aliphatic carbocycles. The van der Waals surface area contributed by atoms with Gasteiger partial charge in [0.15, 0.2) is 0 Å². The van der Waals surface area contributed by atoms with E-state index < -0.39 is 13.0 Å². The molecule has 7 heteroatoms. The summed E-state index contributed by atoms with van der Waals surface area (Å²) < 4.78 is 40.5. The topological polar surface area (TPSA) is 53.1 Å². The number of hydrogen-bond donors (Lipinski definition) is 1. The van der Waals surface area contributed by atoms with Crippen LogP contribution in [0.3, 0.4) is 0 Å². The Kier molecular flexibility index (Phi) is 3.75. The van der Waals surface area contributed by atoms with E-state index in [1.807, 2.05) is 6.07 Å². The van der Waals surface area contributed by atoms with Gasteiger partial charge in [0.05, 0.1) is 19.3 Å². The Hall–Kier alpha value is -2.02. The van der Waals surface area contributed by atoms with Crippen molar-refractivity contribution in [2.45, 2.75) is 12.9 Å². The molecule has 0 bridgehead atoms. The maximum absolute atomic E-state index is 11.8. The summed E-state index contributed by atoms with van der Waals surface area (Å²) in [5, 5.41) is 3.97. The molecule has 0 amide bonds. The molecule has 0 saturated carbocycles. The summed E-state index contributed by atoms with van der Waals surface area (Å²) in [4.78, 5) is 0. The van der Waals surface area contributed by atoms with E-state index in [4.69, 9.17) is 5.73 Å². The summed E-state index contributed by atoms with van der Waals surface area (Å²) in [5.74, 6) is 0. The monoisotopic (exact) mass is 271 g/mol. The third-order valence-electron chi connectivity index (χ3n) is 2.44. The molecule has 0 fully saturated rings. The average molecular weight is 271 g/mol. The molecule has 102 valence electrons. The smallest absolute Gasteiger partial charge is 0.399 e. The molecule has 1 aromatic carbocycles. The zero-order chi connectivity index (χ0) is 13.9. The van der Waals surface area contributed by atoms with Crippen molar-refractivity contribution in [1.29, 1.82) is 0 Å². The van der Waals surface area contributed by atoms with Crippen LogP contribution in [-0.4, -0.2) is 22.7 Å². The van der Waals surface area contributed by atoms with Crippen molar-refractivity contribution in [3.63, 3.8) is 0 Å². The van der Waals surface area contributed by atoms with Crippen LogP contribution in [0.15, 0.2) is 36.7 Å². The molecule has 0 atom stereocenters. The molecule has 0 spiro atoms. The molecule has 1 heterocycles. The Morgan fingerprint density at radius 2 is 2.05 bits per heavy atom. The number of halogens is 3. The van der Waals surface area contributed by atoms with Crippen LogP contribution in [0.5, 0.6) is 0 Å². The van der Waals surface area contributed by atoms with Crippen molar-refractivity contribution in [3.05, 3.63) is 36.7 Å². The minimum atomic E-state index is -4.61. The van der Waals surface area contributed by atoms with E-state index >= 15 is 0 Å². The lowest BCUT2D eigenvalue weighted by Crippen LogP contribution is -2.17. The van der Waals surface area contributed by atoms with Crippen LogP contribution in [0.1, 0.15) is 0 Å². The van der Waals surface area contributed by atoms with Crippen LogP contribution < -0.4 is 5.73 Å². The number of anilines is 1. The second-order valence-corrected chi connectivity index (χ2v) is 3.91. The number of rotatable bonds is 4. The normalized spacial score (nSPS) is 11.7. The van der Waals surface area contributed by atoms with E-state index in [-0.39, 0.29) is 6.54 Å². The first-order valence-corrected chi connectivity index (χ1v) is 5.53. The number of aromatic nitrogens is 2.